The molecule has 2 aromatic rings. The van der Waals surface area contributed by atoms with Gasteiger partial charge in [-0.2, -0.15) is 0 Å². The number of hydrogen-bond acceptors (Lipinski definition) is 5. The Hall–Kier alpha value is -1.79. The van der Waals surface area contributed by atoms with Gasteiger partial charge in [0.1, 0.15) is 5.69 Å². The predicted octanol–water partition coefficient (Wildman–Crippen LogP) is 2.47. The van der Waals surface area contributed by atoms with Crippen molar-refractivity contribution >= 4 is 17.4 Å². The van der Waals surface area contributed by atoms with Gasteiger partial charge in [0.05, 0.1) is 0 Å². The number of carbonyl (C=O) groups is 1. The second kappa shape index (κ2) is 7.47. The third kappa shape index (κ3) is 3.90. The lowest BCUT2D eigenvalue weighted by Crippen LogP contribution is -2.37. The molecule has 1 aliphatic rings. The van der Waals surface area contributed by atoms with E-state index in [1.54, 1.807) is 0 Å². The molecular formula is C16H20N4OS. The standard InChI is InChI=1S/C16H20N4OS/c21-16(18-10-8-14-3-1-2-9-17-14)13-6-4-12(5-7-13)15-11-22-20-19-15/h4-7,11,14,17H,1-3,8-10H2,(H,18,21). The fourth-order valence-electron chi connectivity index (χ4n) is 2.72. The maximum absolute atomic E-state index is 12.1. The van der Waals surface area contributed by atoms with Crippen molar-refractivity contribution in [2.24, 2.45) is 0 Å². The first kappa shape index (κ1) is 15.1. The summed E-state index contributed by atoms with van der Waals surface area (Å²) in [4.78, 5) is 12.1. The van der Waals surface area contributed by atoms with E-state index in [2.05, 4.69) is 20.2 Å². The van der Waals surface area contributed by atoms with Crippen LogP contribution < -0.4 is 10.6 Å². The van der Waals surface area contributed by atoms with Crippen LogP contribution in [0, 0.1) is 0 Å². The van der Waals surface area contributed by atoms with E-state index in [1.807, 2.05) is 29.6 Å². The van der Waals surface area contributed by atoms with Crippen molar-refractivity contribution in [3.05, 3.63) is 35.2 Å². The first-order chi connectivity index (χ1) is 10.8. The van der Waals surface area contributed by atoms with Gasteiger partial charge in [-0.05, 0) is 49.5 Å². The molecular weight excluding hydrogens is 296 g/mol. The van der Waals surface area contributed by atoms with Crippen LogP contribution in [-0.4, -0.2) is 34.6 Å². The summed E-state index contributed by atoms with van der Waals surface area (Å²) < 4.78 is 3.85. The third-order valence-corrected chi connectivity index (χ3v) is 4.50. The molecule has 5 nitrogen and oxygen atoms in total. The number of nitrogens with one attached hydrogen (secondary N) is 2. The number of aromatic nitrogens is 2. The number of hydrogen-bond donors (Lipinski definition) is 2. The van der Waals surface area contributed by atoms with Crippen LogP contribution in [0.2, 0.25) is 0 Å². The molecule has 1 saturated heterocycles. The molecule has 1 amide bonds. The van der Waals surface area contributed by atoms with E-state index in [-0.39, 0.29) is 5.91 Å². The topological polar surface area (TPSA) is 66.9 Å². The second-order valence-corrected chi connectivity index (χ2v) is 6.17. The Kier molecular flexibility index (Phi) is 5.13. The summed E-state index contributed by atoms with van der Waals surface area (Å²) in [5.74, 6) is -0.0150. The van der Waals surface area contributed by atoms with Crippen LogP contribution >= 0.6 is 11.5 Å². The van der Waals surface area contributed by atoms with E-state index in [0.717, 1.165) is 24.2 Å². The van der Waals surface area contributed by atoms with Gasteiger partial charge in [0.2, 0.25) is 0 Å². The van der Waals surface area contributed by atoms with Crippen LogP contribution in [0.3, 0.4) is 0 Å². The number of piperidine rings is 1. The van der Waals surface area contributed by atoms with Crippen LogP contribution in [0.5, 0.6) is 0 Å². The van der Waals surface area contributed by atoms with E-state index < -0.39 is 0 Å². The summed E-state index contributed by atoms with van der Waals surface area (Å²) in [5, 5.41) is 12.4. The van der Waals surface area contributed by atoms with Crippen molar-refractivity contribution < 1.29 is 4.79 Å². The molecule has 0 aliphatic carbocycles. The molecule has 1 aromatic heterocycles. The van der Waals surface area contributed by atoms with Gasteiger partial charge < -0.3 is 10.6 Å². The first-order valence-electron chi connectivity index (χ1n) is 7.72. The van der Waals surface area contributed by atoms with Crippen LogP contribution in [0.15, 0.2) is 29.6 Å². The number of benzene rings is 1. The molecule has 1 aliphatic heterocycles. The highest BCUT2D eigenvalue weighted by atomic mass is 32.1. The minimum atomic E-state index is -0.0150. The Labute approximate surface area is 134 Å². The van der Waals surface area contributed by atoms with Crippen molar-refractivity contribution in [1.82, 2.24) is 20.2 Å². The molecule has 22 heavy (non-hydrogen) atoms. The Morgan fingerprint density at radius 1 is 1.32 bits per heavy atom. The molecule has 2 heterocycles. The summed E-state index contributed by atoms with van der Waals surface area (Å²) in [7, 11) is 0. The molecule has 6 heteroatoms. The molecule has 0 spiro atoms. The molecule has 3 rings (SSSR count). The monoisotopic (exact) mass is 316 g/mol. The molecule has 1 fully saturated rings. The van der Waals surface area contributed by atoms with Gasteiger partial charge in [-0.15, -0.1) is 5.10 Å². The summed E-state index contributed by atoms with van der Waals surface area (Å²) in [6.07, 6.45) is 4.77. The average molecular weight is 316 g/mol. The minimum Gasteiger partial charge on any atom is -0.352 e. The summed E-state index contributed by atoms with van der Waals surface area (Å²) in [5.41, 5.74) is 2.51. The highest BCUT2D eigenvalue weighted by Gasteiger charge is 2.13. The normalized spacial score (nSPS) is 18.1. The molecule has 116 valence electrons. The maximum Gasteiger partial charge on any atom is 0.251 e. The Morgan fingerprint density at radius 2 is 2.18 bits per heavy atom. The minimum absolute atomic E-state index is 0.0150. The maximum atomic E-state index is 12.1. The third-order valence-electron chi connectivity index (χ3n) is 3.99. The fourth-order valence-corrected chi connectivity index (χ4v) is 3.18. The van der Waals surface area contributed by atoms with Gasteiger partial charge in [0.15, 0.2) is 0 Å². The van der Waals surface area contributed by atoms with E-state index in [0.29, 0.717) is 18.2 Å². The van der Waals surface area contributed by atoms with Gasteiger partial charge in [0, 0.05) is 29.1 Å². The van der Waals surface area contributed by atoms with Gasteiger partial charge in [-0.1, -0.05) is 23.0 Å². The van der Waals surface area contributed by atoms with Crippen molar-refractivity contribution in [2.45, 2.75) is 31.7 Å². The summed E-state index contributed by atoms with van der Waals surface area (Å²) in [6, 6.07) is 8.04. The number of carbonyl (C=O) groups excluding carboxylic acids is 1. The average Bonchev–Trinajstić information content (AvgIpc) is 3.10. The molecule has 0 radical (unpaired) electrons. The predicted molar refractivity (Wildman–Crippen MR) is 87.9 cm³/mol. The fraction of sp³-hybridized carbons (Fsp3) is 0.438. The van der Waals surface area contributed by atoms with Crippen molar-refractivity contribution in [3.63, 3.8) is 0 Å². The highest BCUT2D eigenvalue weighted by Crippen LogP contribution is 2.18. The number of amides is 1. The van der Waals surface area contributed by atoms with E-state index >= 15 is 0 Å². The molecule has 0 bridgehead atoms. The van der Waals surface area contributed by atoms with E-state index in [1.165, 1.54) is 30.8 Å². The smallest absolute Gasteiger partial charge is 0.251 e. The lowest BCUT2D eigenvalue weighted by Gasteiger charge is -2.23. The summed E-state index contributed by atoms with van der Waals surface area (Å²) in [6.45, 7) is 1.82. The van der Waals surface area contributed by atoms with Crippen molar-refractivity contribution in [2.75, 3.05) is 13.1 Å². The van der Waals surface area contributed by atoms with Gasteiger partial charge in [-0.3, -0.25) is 4.79 Å². The Morgan fingerprint density at radius 3 is 2.86 bits per heavy atom. The second-order valence-electron chi connectivity index (χ2n) is 5.56. The zero-order chi connectivity index (χ0) is 15.2. The zero-order valence-electron chi connectivity index (χ0n) is 12.4. The molecule has 1 unspecified atom stereocenters. The van der Waals surface area contributed by atoms with Crippen LogP contribution in [-0.2, 0) is 0 Å². The summed E-state index contributed by atoms with van der Waals surface area (Å²) >= 11 is 1.32. The number of rotatable bonds is 5. The highest BCUT2D eigenvalue weighted by molar-refractivity contribution is 7.03. The quantitative estimate of drug-likeness (QED) is 0.889. The first-order valence-corrected chi connectivity index (χ1v) is 8.55. The van der Waals surface area contributed by atoms with Gasteiger partial charge in [0.25, 0.3) is 5.91 Å². The van der Waals surface area contributed by atoms with E-state index in [9.17, 15) is 4.79 Å². The molecule has 2 N–H and O–H groups in total. The lowest BCUT2D eigenvalue weighted by atomic mass is 10.0. The largest absolute Gasteiger partial charge is 0.352 e. The number of nitrogens with zero attached hydrogens (tertiary/aromatic N) is 2. The van der Waals surface area contributed by atoms with Crippen molar-refractivity contribution in [3.8, 4) is 11.3 Å². The SMILES string of the molecule is O=C(NCCC1CCCCN1)c1ccc(-c2csnn2)cc1. The Bertz CT molecular complexity index is 591. The van der Waals surface area contributed by atoms with E-state index in [4.69, 9.17) is 0 Å². The van der Waals surface area contributed by atoms with Gasteiger partial charge in [-0.25, -0.2) is 0 Å². The Balaban J connectivity index is 1.49. The lowest BCUT2D eigenvalue weighted by molar-refractivity contribution is 0.0951. The molecule has 1 aromatic carbocycles. The van der Waals surface area contributed by atoms with Crippen LogP contribution in [0.1, 0.15) is 36.0 Å². The van der Waals surface area contributed by atoms with Crippen molar-refractivity contribution in [1.29, 1.82) is 0 Å². The molecule has 1 atom stereocenters. The van der Waals surface area contributed by atoms with Crippen LogP contribution in [0.25, 0.3) is 11.3 Å². The molecule has 0 saturated carbocycles. The zero-order valence-corrected chi connectivity index (χ0v) is 13.2. The van der Waals surface area contributed by atoms with Crippen LogP contribution in [0.4, 0.5) is 0 Å². The van der Waals surface area contributed by atoms with Gasteiger partial charge >= 0.3 is 0 Å².